The summed E-state index contributed by atoms with van der Waals surface area (Å²) in [6.07, 6.45) is 5.28. The van der Waals surface area contributed by atoms with E-state index in [-0.39, 0.29) is 0 Å². The van der Waals surface area contributed by atoms with Crippen molar-refractivity contribution in [2.45, 2.75) is 6.92 Å². The Labute approximate surface area is 188 Å². The van der Waals surface area contributed by atoms with Crippen molar-refractivity contribution in [3.8, 4) is 11.4 Å². The van der Waals surface area contributed by atoms with Gasteiger partial charge < -0.3 is 24.4 Å². The summed E-state index contributed by atoms with van der Waals surface area (Å²) in [6, 6.07) is 14.9. The van der Waals surface area contributed by atoms with Crippen LogP contribution in [0.25, 0.3) is 16.8 Å². The molecular formula is C23H19ClN6O2. The zero-order valence-electron chi connectivity index (χ0n) is 17.3. The summed E-state index contributed by atoms with van der Waals surface area (Å²) in [6.45, 7) is 1.94. The van der Waals surface area contributed by atoms with E-state index in [9.17, 15) is 0 Å². The Hall–Kier alpha value is -4.04. The number of furan rings is 1. The molecule has 8 nitrogen and oxygen atoms in total. The van der Waals surface area contributed by atoms with Gasteiger partial charge in [0.15, 0.2) is 11.4 Å². The first-order valence-corrected chi connectivity index (χ1v) is 10.2. The van der Waals surface area contributed by atoms with E-state index in [1.54, 1.807) is 37.9 Å². The van der Waals surface area contributed by atoms with E-state index < -0.39 is 0 Å². The van der Waals surface area contributed by atoms with E-state index in [1.807, 2.05) is 48.0 Å². The molecule has 0 saturated heterocycles. The Kier molecular flexibility index (Phi) is 5.12. The summed E-state index contributed by atoms with van der Waals surface area (Å²) < 4.78 is 13.1. The quantitative estimate of drug-likeness (QED) is 0.337. The summed E-state index contributed by atoms with van der Waals surface area (Å²) in [7, 11) is 1.63. The highest BCUT2D eigenvalue weighted by molar-refractivity contribution is 6.30. The molecule has 0 fully saturated rings. The van der Waals surface area contributed by atoms with Gasteiger partial charge in [-0.1, -0.05) is 11.6 Å². The van der Waals surface area contributed by atoms with Crippen molar-refractivity contribution >= 4 is 45.8 Å². The Morgan fingerprint density at radius 1 is 1.00 bits per heavy atom. The fraction of sp³-hybridized carbons (Fsp3) is 0.0870. The number of aromatic nitrogens is 4. The van der Waals surface area contributed by atoms with Crippen molar-refractivity contribution in [1.82, 2.24) is 19.5 Å². The van der Waals surface area contributed by atoms with Crippen LogP contribution in [0.4, 0.5) is 23.1 Å². The molecule has 0 saturated carbocycles. The largest absolute Gasteiger partial charge is 0.494 e. The Balaban J connectivity index is 1.47. The van der Waals surface area contributed by atoms with Crippen LogP contribution in [0.15, 0.2) is 71.7 Å². The molecule has 0 aliphatic heterocycles. The van der Waals surface area contributed by atoms with Gasteiger partial charge in [0.05, 0.1) is 31.1 Å². The normalized spacial score (nSPS) is 11.0. The third kappa shape index (κ3) is 3.95. The molecule has 160 valence electrons. The zero-order valence-corrected chi connectivity index (χ0v) is 18.1. The van der Waals surface area contributed by atoms with Crippen molar-refractivity contribution in [2.75, 3.05) is 17.7 Å². The minimum atomic E-state index is 0.420. The van der Waals surface area contributed by atoms with E-state index >= 15 is 0 Å². The molecule has 0 bridgehead atoms. The number of methoxy groups -OCH3 is 1. The average molecular weight is 447 g/mol. The number of aryl methyl sites for hydroxylation is 1. The topological polar surface area (TPSA) is 90.0 Å². The van der Waals surface area contributed by atoms with Gasteiger partial charge in [-0.15, -0.1) is 0 Å². The van der Waals surface area contributed by atoms with Gasteiger partial charge in [-0.05, 0) is 43.3 Å². The lowest BCUT2D eigenvalue weighted by Gasteiger charge is -2.13. The van der Waals surface area contributed by atoms with Crippen molar-refractivity contribution in [1.29, 1.82) is 0 Å². The number of benzene rings is 2. The number of nitrogens with one attached hydrogen (secondary N) is 2. The van der Waals surface area contributed by atoms with Crippen LogP contribution in [0.2, 0.25) is 5.02 Å². The molecule has 0 aliphatic carbocycles. The van der Waals surface area contributed by atoms with Gasteiger partial charge in [0.2, 0.25) is 5.95 Å². The first kappa shape index (κ1) is 19.9. The second-order valence-electron chi connectivity index (χ2n) is 7.10. The number of nitrogens with zero attached hydrogens (tertiary/aromatic N) is 4. The standard InChI is InChI=1S/C23H19ClN6O2/c1-14-12-30(13-25-14)19-8-7-17(11-20(19)31-2)27-23-28-18-9-10-32-21(18)22(29-23)26-16-5-3-15(24)4-6-16/h3-13H,1-2H3,(H2,26,27,28,29). The third-order valence-electron chi connectivity index (χ3n) is 4.84. The summed E-state index contributed by atoms with van der Waals surface area (Å²) in [5.41, 5.74) is 4.67. The highest BCUT2D eigenvalue weighted by atomic mass is 35.5. The van der Waals surface area contributed by atoms with E-state index in [0.717, 1.165) is 22.8 Å². The van der Waals surface area contributed by atoms with Gasteiger partial charge in [0.1, 0.15) is 11.3 Å². The van der Waals surface area contributed by atoms with Gasteiger partial charge in [-0.3, -0.25) is 0 Å². The smallest absolute Gasteiger partial charge is 0.230 e. The fourth-order valence-corrected chi connectivity index (χ4v) is 3.45. The molecule has 3 heterocycles. The summed E-state index contributed by atoms with van der Waals surface area (Å²) in [4.78, 5) is 13.4. The number of fused-ring (bicyclic) bond motifs is 1. The van der Waals surface area contributed by atoms with Gasteiger partial charge >= 0.3 is 0 Å². The van der Waals surface area contributed by atoms with Crippen LogP contribution in [-0.4, -0.2) is 26.6 Å². The zero-order chi connectivity index (χ0) is 22.1. The van der Waals surface area contributed by atoms with Gasteiger partial charge in [-0.2, -0.15) is 4.98 Å². The number of anilines is 4. The van der Waals surface area contributed by atoms with Crippen LogP contribution in [0.5, 0.6) is 5.75 Å². The van der Waals surface area contributed by atoms with E-state index in [0.29, 0.717) is 33.6 Å². The molecule has 0 atom stereocenters. The highest BCUT2D eigenvalue weighted by Crippen LogP contribution is 2.30. The maximum absolute atomic E-state index is 5.99. The number of halogens is 1. The first-order valence-electron chi connectivity index (χ1n) is 9.83. The van der Waals surface area contributed by atoms with Crippen LogP contribution in [0.1, 0.15) is 5.69 Å². The molecule has 0 unspecified atom stereocenters. The number of hydrogen-bond acceptors (Lipinski definition) is 7. The molecule has 0 spiro atoms. The maximum Gasteiger partial charge on any atom is 0.230 e. The Bertz CT molecular complexity index is 1390. The third-order valence-corrected chi connectivity index (χ3v) is 5.09. The predicted octanol–water partition coefficient (Wildman–Crippen LogP) is 5.87. The predicted molar refractivity (Wildman–Crippen MR) is 125 cm³/mol. The lowest BCUT2D eigenvalue weighted by molar-refractivity contribution is 0.413. The molecular weight excluding hydrogens is 428 g/mol. The molecule has 0 radical (unpaired) electrons. The minimum absolute atomic E-state index is 0.420. The average Bonchev–Trinajstić information content (AvgIpc) is 3.44. The van der Waals surface area contributed by atoms with Gasteiger partial charge in [-0.25, -0.2) is 9.97 Å². The van der Waals surface area contributed by atoms with Gasteiger partial charge in [0, 0.05) is 34.7 Å². The van der Waals surface area contributed by atoms with Crippen molar-refractivity contribution < 1.29 is 9.15 Å². The molecule has 9 heteroatoms. The molecule has 32 heavy (non-hydrogen) atoms. The molecule has 3 aromatic heterocycles. The van der Waals surface area contributed by atoms with E-state index in [1.165, 1.54) is 0 Å². The maximum atomic E-state index is 5.99. The first-order chi connectivity index (χ1) is 15.6. The lowest BCUT2D eigenvalue weighted by atomic mass is 10.2. The van der Waals surface area contributed by atoms with Crippen LogP contribution in [0.3, 0.4) is 0 Å². The summed E-state index contributed by atoms with van der Waals surface area (Å²) in [5, 5.41) is 7.17. The Morgan fingerprint density at radius 3 is 2.56 bits per heavy atom. The van der Waals surface area contributed by atoms with Crippen molar-refractivity contribution in [3.05, 3.63) is 78.0 Å². The van der Waals surface area contributed by atoms with Crippen LogP contribution in [0, 0.1) is 6.92 Å². The molecule has 2 aromatic carbocycles. The summed E-state index contributed by atoms with van der Waals surface area (Å²) in [5.74, 6) is 1.65. The molecule has 5 rings (SSSR count). The molecule has 0 aliphatic rings. The van der Waals surface area contributed by atoms with Crippen molar-refractivity contribution in [2.24, 2.45) is 0 Å². The highest BCUT2D eigenvalue weighted by Gasteiger charge is 2.13. The number of imidazole rings is 1. The van der Waals surface area contributed by atoms with Crippen LogP contribution >= 0.6 is 11.6 Å². The minimum Gasteiger partial charge on any atom is -0.494 e. The van der Waals surface area contributed by atoms with E-state index in [4.69, 9.17) is 20.8 Å². The van der Waals surface area contributed by atoms with Crippen LogP contribution < -0.4 is 15.4 Å². The second kappa shape index (κ2) is 8.24. The number of hydrogen-bond donors (Lipinski definition) is 2. The molecule has 0 amide bonds. The number of ether oxygens (including phenoxy) is 1. The monoisotopic (exact) mass is 446 g/mol. The molecule has 5 aromatic rings. The molecule has 2 N–H and O–H groups in total. The van der Waals surface area contributed by atoms with E-state index in [2.05, 4.69) is 25.6 Å². The van der Waals surface area contributed by atoms with Gasteiger partial charge in [0.25, 0.3) is 0 Å². The van der Waals surface area contributed by atoms with Crippen molar-refractivity contribution in [3.63, 3.8) is 0 Å². The Morgan fingerprint density at radius 2 is 1.81 bits per heavy atom. The summed E-state index contributed by atoms with van der Waals surface area (Å²) >= 11 is 5.99. The fourth-order valence-electron chi connectivity index (χ4n) is 3.32. The van der Waals surface area contributed by atoms with Crippen LogP contribution in [-0.2, 0) is 0 Å². The second-order valence-corrected chi connectivity index (χ2v) is 7.53. The SMILES string of the molecule is COc1cc(Nc2nc(Nc3ccc(Cl)cc3)c3occc3n2)ccc1-n1cnc(C)c1. The lowest BCUT2D eigenvalue weighted by Crippen LogP contribution is -2.02. The number of rotatable bonds is 6.